The van der Waals surface area contributed by atoms with E-state index in [2.05, 4.69) is 62.5 Å². The number of carbonyl (C=O) groups excluding carboxylic acids is 1. The smallest absolute Gasteiger partial charge is 0.230 e. The number of aryl methyl sites for hydroxylation is 1. The van der Waals surface area contributed by atoms with Gasteiger partial charge in [0.05, 0.1) is 5.75 Å². The number of rotatable bonds is 7. The standard InChI is InChI=1S/C20H25NOS/c1-16-9-11-18(12-10-16)14-23-15-19(22)21-20(2,3)13-17-7-5-4-6-8-17/h4-12H,13-15H2,1-3H3,(H,21,22). The number of thioether (sulfide) groups is 1. The fourth-order valence-electron chi connectivity index (χ4n) is 2.51. The molecule has 0 bridgehead atoms. The van der Waals surface area contributed by atoms with Crippen molar-refractivity contribution in [1.29, 1.82) is 0 Å². The van der Waals surface area contributed by atoms with E-state index in [1.54, 1.807) is 11.8 Å². The van der Waals surface area contributed by atoms with Crippen LogP contribution in [0, 0.1) is 6.92 Å². The SMILES string of the molecule is Cc1ccc(CSCC(=O)NC(C)(C)Cc2ccccc2)cc1. The zero-order chi connectivity index (χ0) is 16.7. The topological polar surface area (TPSA) is 29.1 Å². The minimum absolute atomic E-state index is 0.100. The number of benzene rings is 2. The summed E-state index contributed by atoms with van der Waals surface area (Å²) in [5.41, 5.74) is 3.53. The van der Waals surface area contributed by atoms with Crippen molar-refractivity contribution in [3.63, 3.8) is 0 Å². The van der Waals surface area contributed by atoms with Gasteiger partial charge in [-0.3, -0.25) is 4.79 Å². The van der Waals surface area contributed by atoms with E-state index in [1.165, 1.54) is 16.7 Å². The molecule has 0 heterocycles. The van der Waals surface area contributed by atoms with Crippen LogP contribution in [0.5, 0.6) is 0 Å². The van der Waals surface area contributed by atoms with Crippen molar-refractivity contribution in [2.45, 2.75) is 38.5 Å². The Morgan fingerprint density at radius 2 is 1.65 bits per heavy atom. The molecule has 2 nitrogen and oxygen atoms in total. The maximum absolute atomic E-state index is 12.2. The van der Waals surface area contributed by atoms with Crippen LogP contribution in [0.1, 0.15) is 30.5 Å². The highest BCUT2D eigenvalue weighted by atomic mass is 32.2. The zero-order valence-corrected chi connectivity index (χ0v) is 15.0. The summed E-state index contributed by atoms with van der Waals surface area (Å²) < 4.78 is 0. The highest BCUT2D eigenvalue weighted by Gasteiger charge is 2.20. The average molecular weight is 327 g/mol. The lowest BCUT2D eigenvalue weighted by atomic mass is 9.95. The van der Waals surface area contributed by atoms with Crippen molar-refractivity contribution in [2.24, 2.45) is 0 Å². The summed E-state index contributed by atoms with van der Waals surface area (Å²) in [5.74, 6) is 1.46. The largest absolute Gasteiger partial charge is 0.350 e. The lowest BCUT2D eigenvalue weighted by molar-refractivity contribution is -0.120. The van der Waals surface area contributed by atoms with E-state index in [1.807, 2.05) is 18.2 Å². The monoisotopic (exact) mass is 327 g/mol. The molecule has 0 fully saturated rings. The van der Waals surface area contributed by atoms with E-state index >= 15 is 0 Å². The fourth-order valence-corrected chi connectivity index (χ4v) is 3.30. The summed E-state index contributed by atoms with van der Waals surface area (Å²) in [4.78, 5) is 12.2. The van der Waals surface area contributed by atoms with E-state index in [0.29, 0.717) is 5.75 Å². The third-order valence-electron chi connectivity index (χ3n) is 3.59. The Balaban J connectivity index is 1.76. The van der Waals surface area contributed by atoms with Crippen LogP contribution < -0.4 is 5.32 Å². The lowest BCUT2D eigenvalue weighted by Gasteiger charge is -2.26. The number of carbonyl (C=O) groups is 1. The van der Waals surface area contributed by atoms with Crippen LogP contribution in [0.4, 0.5) is 0 Å². The average Bonchev–Trinajstić information content (AvgIpc) is 2.49. The summed E-state index contributed by atoms with van der Waals surface area (Å²) in [6.07, 6.45) is 0.836. The fraction of sp³-hybridized carbons (Fsp3) is 0.350. The maximum atomic E-state index is 12.2. The Bertz CT molecular complexity index is 620. The van der Waals surface area contributed by atoms with Crippen LogP contribution in [0.3, 0.4) is 0 Å². The van der Waals surface area contributed by atoms with Gasteiger partial charge in [0.1, 0.15) is 0 Å². The van der Waals surface area contributed by atoms with E-state index in [-0.39, 0.29) is 11.4 Å². The van der Waals surface area contributed by atoms with Gasteiger partial charge in [-0.15, -0.1) is 11.8 Å². The van der Waals surface area contributed by atoms with Crippen molar-refractivity contribution >= 4 is 17.7 Å². The summed E-state index contributed by atoms with van der Waals surface area (Å²) in [6, 6.07) is 18.7. The molecule has 0 aromatic heterocycles. The van der Waals surface area contributed by atoms with Crippen LogP contribution in [0.2, 0.25) is 0 Å². The Labute approximate surface area is 143 Å². The van der Waals surface area contributed by atoms with Crippen LogP contribution in [0.15, 0.2) is 54.6 Å². The summed E-state index contributed by atoms with van der Waals surface area (Å²) in [6.45, 7) is 6.23. The molecular weight excluding hydrogens is 302 g/mol. The second kappa shape index (κ2) is 8.21. The van der Waals surface area contributed by atoms with Crippen molar-refractivity contribution in [1.82, 2.24) is 5.32 Å². The van der Waals surface area contributed by atoms with Crippen molar-refractivity contribution < 1.29 is 4.79 Å². The molecule has 0 saturated heterocycles. The maximum Gasteiger partial charge on any atom is 0.230 e. The van der Waals surface area contributed by atoms with Crippen molar-refractivity contribution in [3.8, 4) is 0 Å². The second-order valence-corrected chi connectivity index (χ2v) is 7.56. The Morgan fingerprint density at radius 1 is 1.00 bits per heavy atom. The Kier molecular flexibility index (Phi) is 6.28. The quantitative estimate of drug-likeness (QED) is 0.818. The van der Waals surface area contributed by atoms with Gasteiger partial charge in [-0.2, -0.15) is 0 Å². The Hall–Kier alpha value is -1.74. The Morgan fingerprint density at radius 3 is 2.30 bits per heavy atom. The van der Waals surface area contributed by atoms with Crippen LogP contribution in [-0.4, -0.2) is 17.2 Å². The normalized spacial score (nSPS) is 11.3. The molecule has 2 aromatic rings. The van der Waals surface area contributed by atoms with E-state index in [4.69, 9.17) is 0 Å². The first-order chi connectivity index (χ1) is 10.9. The van der Waals surface area contributed by atoms with Gasteiger partial charge >= 0.3 is 0 Å². The number of amides is 1. The molecule has 2 rings (SSSR count). The minimum atomic E-state index is -0.233. The van der Waals surface area contributed by atoms with Crippen LogP contribution >= 0.6 is 11.8 Å². The van der Waals surface area contributed by atoms with Gasteiger partial charge in [-0.25, -0.2) is 0 Å². The number of nitrogens with one attached hydrogen (secondary N) is 1. The molecule has 122 valence electrons. The summed E-state index contributed by atoms with van der Waals surface area (Å²) in [5, 5.41) is 3.14. The number of hydrogen-bond acceptors (Lipinski definition) is 2. The van der Waals surface area contributed by atoms with Gasteiger partial charge in [0.2, 0.25) is 5.91 Å². The van der Waals surface area contributed by atoms with E-state index in [9.17, 15) is 4.79 Å². The van der Waals surface area contributed by atoms with Gasteiger partial charge in [0.15, 0.2) is 0 Å². The predicted octanol–water partition coefficient (Wildman–Crippen LogP) is 4.37. The molecule has 0 aliphatic carbocycles. The first kappa shape index (κ1) is 17.6. The molecule has 0 spiro atoms. The highest BCUT2D eigenvalue weighted by molar-refractivity contribution is 7.99. The molecule has 3 heteroatoms. The first-order valence-corrected chi connectivity index (χ1v) is 9.08. The lowest BCUT2D eigenvalue weighted by Crippen LogP contribution is -2.45. The van der Waals surface area contributed by atoms with Crippen molar-refractivity contribution in [3.05, 3.63) is 71.3 Å². The first-order valence-electron chi connectivity index (χ1n) is 7.93. The molecule has 2 aromatic carbocycles. The molecule has 0 saturated carbocycles. The number of hydrogen-bond donors (Lipinski definition) is 1. The van der Waals surface area contributed by atoms with Crippen molar-refractivity contribution in [2.75, 3.05) is 5.75 Å². The van der Waals surface area contributed by atoms with Gasteiger partial charge in [-0.1, -0.05) is 60.2 Å². The third kappa shape index (κ3) is 6.49. The second-order valence-electron chi connectivity index (χ2n) is 6.57. The van der Waals surface area contributed by atoms with E-state index in [0.717, 1.165) is 12.2 Å². The van der Waals surface area contributed by atoms with Gasteiger partial charge in [0, 0.05) is 11.3 Å². The minimum Gasteiger partial charge on any atom is -0.350 e. The van der Waals surface area contributed by atoms with Gasteiger partial charge in [-0.05, 0) is 38.3 Å². The van der Waals surface area contributed by atoms with Crippen LogP contribution in [-0.2, 0) is 17.0 Å². The molecule has 0 atom stereocenters. The highest BCUT2D eigenvalue weighted by Crippen LogP contribution is 2.15. The third-order valence-corrected chi connectivity index (χ3v) is 4.59. The van der Waals surface area contributed by atoms with Crippen LogP contribution in [0.25, 0.3) is 0 Å². The van der Waals surface area contributed by atoms with Gasteiger partial charge < -0.3 is 5.32 Å². The predicted molar refractivity (Wildman–Crippen MR) is 99.7 cm³/mol. The summed E-state index contributed by atoms with van der Waals surface area (Å²) >= 11 is 1.66. The molecule has 1 N–H and O–H groups in total. The molecule has 0 unspecified atom stereocenters. The molecule has 1 amide bonds. The molecule has 0 radical (unpaired) electrons. The molecule has 0 aliphatic rings. The van der Waals surface area contributed by atoms with Gasteiger partial charge in [0.25, 0.3) is 0 Å². The molecule has 0 aliphatic heterocycles. The van der Waals surface area contributed by atoms with E-state index < -0.39 is 0 Å². The molecule has 23 heavy (non-hydrogen) atoms. The summed E-state index contributed by atoms with van der Waals surface area (Å²) in [7, 11) is 0. The molecular formula is C20H25NOS. The zero-order valence-electron chi connectivity index (χ0n) is 14.1.